The second-order valence-electron chi connectivity index (χ2n) is 5.04. The van der Waals surface area contributed by atoms with Crippen LogP contribution in [0.2, 0.25) is 0 Å². The minimum Gasteiger partial charge on any atom is -0.480 e. The van der Waals surface area contributed by atoms with E-state index in [4.69, 9.17) is 14.6 Å². The molecule has 1 atom stereocenters. The molecule has 1 aromatic carbocycles. The molecular weight excluding hydrogens is 320 g/mol. The van der Waals surface area contributed by atoms with Gasteiger partial charge in [0.1, 0.15) is 16.7 Å². The lowest BCUT2D eigenvalue weighted by atomic mass is 10.2. The fourth-order valence-electron chi connectivity index (χ4n) is 2.06. The van der Waals surface area contributed by atoms with Crippen LogP contribution in [0.5, 0.6) is 11.5 Å². The molecule has 7 nitrogen and oxygen atoms in total. The Labute approximate surface area is 136 Å². The number of hydrogen-bond donors (Lipinski definition) is 1. The Kier molecular flexibility index (Phi) is 3.91. The summed E-state index contributed by atoms with van der Waals surface area (Å²) in [7, 11) is 1.45. The van der Waals surface area contributed by atoms with Gasteiger partial charge in [-0.05, 0) is 25.1 Å². The van der Waals surface area contributed by atoms with Crippen molar-refractivity contribution < 1.29 is 24.2 Å². The molecule has 1 aromatic heterocycles. The summed E-state index contributed by atoms with van der Waals surface area (Å²) in [6, 6.07) is 4.51. The molecule has 2 heterocycles. The van der Waals surface area contributed by atoms with Crippen molar-refractivity contribution >= 4 is 23.2 Å². The van der Waals surface area contributed by atoms with Crippen LogP contribution < -0.4 is 9.47 Å². The summed E-state index contributed by atoms with van der Waals surface area (Å²) in [6.45, 7) is 1.64. The van der Waals surface area contributed by atoms with Gasteiger partial charge in [-0.1, -0.05) is 0 Å². The van der Waals surface area contributed by atoms with Crippen LogP contribution in [0, 0.1) is 0 Å². The summed E-state index contributed by atoms with van der Waals surface area (Å²) < 4.78 is 10.6. The number of thiazole rings is 1. The van der Waals surface area contributed by atoms with Gasteiger partial charge >= 0.3 is 5.97 Å². The highest BCUT2D eigenvalue weighted by Gasteiger charge is 2.25. The van der Waals surface area contributed by atoms with E-state index in [-0.39, 0.29) is 12.5 Å². The molecule has 1 amide bonds. The minimum absolute atomic E-state index is 0.193. The molecule has 2 aromatic rings. The average Bonchev–Trinajstić information content (AvgIpc) is 3.20. The summed E-state index contributed by atoms with van der Waals surface area (Å²) >= 11 is 1.31. The lowest BCUT2D eigenvalue weighted by molar-refractivity contribution is -0.141. The number of carbonyl (C=O) groups excluding carboxylic acids is 1. The minimum atomic E-state index is -1.06. The number of fused-ring (bicyclic) bond motifs is 1. The van der Waals surface area contributed by atoms with Gasteiger partial charge in [-0.3, -0.25) is 4.79 Å². The van der Waals surface area contributed by atoms with Crippen molar-refractivity contribution in [3.05, 3.63) is 29.3 Å². The van der Waals surface area contributed by atoms with E-state index in [9.17, 15) is 9.59 Å². The van der Waals surface area contributed by atoms with E-state index in [1.165, 1.54) is 25.3 Å². The standard InChI is InChI=1S/C15H14N2O5S/c1-8(15(19)20)17(2)14(18)10-6-23-13(16-10)9-3-4-11-12(5-9)22-7-21-11/h3-6,8H,7H2,1-2H3,(H,19,20). The molecule has 0 bridgehead atoms. The molecule has 0 radical (unpaired) electrons. The molecule has 1 N–H and O–H groups in total. The van der Waals surface area contributed by atoms with Crippen molar-refractivity contribution in [3.8, 4) is 22.1 Å². The Morgan fingerprint density at radius 2 is 2.09 bits per heavy atom. The third-order valence-electron chi connectivity index (χ3n) is 3.60. The Balaban J connectivity index is 1.83. The quantitative estimate of drug-likeness (QED) is 0.921. The van der Waals surface area contributed by atoms with E-state index in [2.05, 4.69) is 4.98 Å². The number of nitrogens with zero attached hydrogens (tertiary/aromatic N) is 2. The molecule has 1 aliphatic heterocycles. The van der Waals surface area contributed by atoms with E-state index in [1.54, 1.807) is 17.5 Å². The fourth-order valence-corrected chi connectivity index (χ4v) is 2.85. The highest BCUT2D eigenvalue weighted by atomic mass is 32.1. The van der Waals surface area contributed by atoms with Gasteiger partial charge in [-0.15, -0.1) is 11.3 Å². The molecule has 8 heteroatoms. The number of amides is 1. The van der Waals surface area contributed by atoms with Gasteiger partial charge in [-0.25, -0.2) is 9.78 Å². The third-order valence-corrected chi connectivity index (χ3v) is 4.49. The Hall–Kier alpha value is -2.61. The first-order valence-electron chi connectivity index (χ1n) is 6.83. The van der Waals surface area contributed by atoms with Gasteiger partial charge in [-0.2, -0.15) is 0 Å². The number of ether oxygens (including phenoxy) is 2. The topological polar surface area (TPSA) is 89.0 Å². The van der Waals surface area contributed by atoms with Crippen LogP contribution in [-0.4, -0.2) is 46.7 Å². The number of carboxylic acid groups (broad SMARTS) is 1. The highest BCUT2D eigenvalue weighted by molar-refractivity contribution is 7.13. The number of carbonyl (C=O) groups is 2. The number of likely N-dealkylation sites (N-methyl/N-ethyl adjacent to an activating group) is 1. The smallest absolute Gasteiger partial charge is 0.326 e. The predicted molar refractivity (Wildman–Crippen MR) is 82.9 cm³/mol. The second kappa shape index (κ2) is 5.88. The molecule has 0 fully saturated rings. The zero-order valence-corrected chi connectivity index (χ0v) is 13.3. The summed E-state index contributed by atoms with van der Waals surface area (Å²) in [6.07, 6.45) is 0. The van der Waals surface area contributed by atoms with Crippen LogP contribution in [0.4, 0.5) is 0 Å². The molecule has 23 heavy (non-hydrogen) atoms. The van der Waals surface area contributed by atoms with Crippen molar-refractivity contribution in [2.24, 2.45) is 0 Å². The Morgan fingerprint density at radius 3 is 2.83 bits per heavy atom. The molecule has 1 aliphatic rings. The van der Waals surface area contributed by atoms with E-state index >= 15 is 0 Å². The van der Waals surface area contributed by atoms with Gasteiger partial charge in [0, 0.05) is 18.0 Å². The maximum atomic E-state index is 12.3. The molecule has 0 aliphatic carbocycles. The Bertz CT molecular complexity index is 773. The summed E-state index contributed by atoms with van der Waals surface area (Å²) in [5.41, 5.74) is 1.03. The number of carboxylic acids is 1. The molecule has 0 saturated heterocycles. The second-order valence-corrected chi connectivity index (χ2v) is 5.89. The van der Waals surface area contributed by atoms with E-state index in [0.717, 1.165) is 10.5 Å². The maximum absolute atomic E-state index is 12.3. The summed E-state index contributed by atoms with van der Waals surface area (Å²) in [5, 5.41) is 11.3. The van der Waals surface area contributed by atoms with Gasteiger partial charge in [0.2, 0.25) is 6.79 Å². The molecule has 0 saturated carbocycles. The molecule has 0 spiro atoms. The predicted octanol–water partition coefficient (Wildman–Crippen LogP) is 2.08. The van der Waals surface area contributed by atoms with Gasteiger partial charge < -0.3 is 19.5 Å². The van der Waals surface area contributed by atoms with Crippen LogP contribution in [-0.2, 0) is 4.79 Å². The van der Waals surface area contributed by atoms with Crippen molar-refractivity contribution in [3.63, 3.8) is 0 Å². The molecule has 3 rings (SSSR count). The van der Waals surface area contributed by atoms with E-state index < -0.39 is 17.9 Å². The third kappa shape index (κ3) is 2.85. The lowest BCUT2D eigenvalue weighted by Crippen LogP contribution is -2.40. The number of aliphatic carboxylic acids is 1. The van der Waals surface area contributed by atoms with E-state index in [1.807, 2.05) is 6.07 Å². The SMILES string of the molecule is CC(C(=O)O)N(C)C(=O)c1csc(-c2ccc3c(c2)OCO3)n1. The van der Waals surface area contributed by atoms with Crippen LogP contribution in [0.15, 0.2) is 23.6 Å². The molecule has 120 valence electrons. The average molecular weight is 334 g/mol. The highest BCUT2D eigenvalue weighted by Crippen LogP contribution is 2.36. The van der Waals surface area contributed by atoms with Crippen LogP contribution in [0.25, 0.3) is 10.6 Å². The van der Waals surface area contributed by atoms with E-state index in [0.29, 0.717) is 16.5 Å². The number of aromatic nitrogens is 1. The maximum Gasteiger partial charge on any atom is 0.326 e. The van der Waals surface area contributed by atoms with Crippen molar-refractivity contribution in [2.45, 2.75) is 13.0 Å². The van der Waals surface area contributed by atoms with Gasteiger partial charge in [0.15, 0.2) is 11.5 Å². The zero-order chi connectivity index (χ0) is 16.6. The van der Waals surface area contributed by atoms with Gasteiger partial charge in [0.05, 0.1) is 0 Å². The van der Waals surface area contributed by atoms with Crippen LogP contribution in [0.3, 0.4) is 0 Å². The Morgan fingerprint density at radius 1 is 1.35 bits per heavy atom. The molecular formula is C15H14N2O5S. The molecule has 1 unspecified atom stereocenters. The fraction of sp³-hybridized carbons (Fsp3) is 0.267. The van der Waals surface area contributed by atoms with Gasteiger partial charge in [0.25, 0.3) is 5.91 Å². The first-order valence-corrected chi connectivity index (χ1v) is 7.71. The number of hydrogen-bond acceptors (Lipinski definition) is 6. The van der Waals surface area contributed by atoms with Crippen LogP contribution in [0.1, 0.15) is 17.4 Å². The normalized spacial score (nSPS) is 13.7. The zero-order valence-electron chi connectivity index (χ0n) is 12.5. The van der Waals surface area contributed by atoms with Crippen molar-refractivity contribution in [1.29, 1.82) is 0 Å². The first-order chi connectivity index (χ1) is 11.0. The number of benzene rings is 1. The van der Waals surface area contributed by atoms with Crippen molar-refractivity contribution in [2.75, 3.05) is 13.8 Å². The van der Waals surface area contributed by atoms with Crippen molar-refractivity contribution in [1.82, 2.24) is 9.88 Å². The number of rotatable bonds is 4. The van der Waals surface area contributed by atoms with Crippen LogP contribution >= 0.6 is 11.3 Å². The largest absolute Gasteiger partial charge is 0.480 e. The summed E-state index contributed by atoms with van der Waals surface area (Å²) in [5.74, 6) is -0.172. The monoisotopic (exact) mass is 334 g/mol. The lowest BCUT2D eigenvalue weighted by Gasteiger charge is -2.20. The summed E-state index contributed by atoms with van der Waals surface area (Å²) in [4.78, 5) is 28.7. The first kappa shape index (κ1) is 15.3.